The Morgan fingerprint density at radius 1 is 0.885 bits per heavy atom. The Morgan fingerprint density at radius 3 is 2.27 bits per heavy atom. The van der Waals surface area contributed by atoms with Gasteiger partial charge >= 0.3 is 6.61 Å². The van der Waals surface area contributed by atoms with Gasteiger partial charge in [-0.3, -0.25) is 0 Å². The highest BCUT2D eigenvalue weighted by atomic mass is 19.3. The van der Waals surface area contributed by atoms with E-state index in [2.05, 4.69) is 0 Å². The van der Waals surface area contributed by atoms with E-state index >= 15 is 0 Å². The van der Waals surface area contributed by atoms with Crippen molar-refractivity contribution in [2.75, 3.05) is 6.61 Å². The zero-order valence-corrected chi connectivity index (χ0v) is 15.0. The average molecular weight is 356 g/mol. The Labute approximate surface area is 152 Å². The molecule has 0 amide bonds. The van der Waals surface area contributed by atoms with Crippen LogP contribution in [0.4, 0.5) is 8.78 Å². The number of benzene rings is 3. The van der Waals surface area contributed by atoms with Gasteiger partial charge < -0.3 is 9.47 Å². The van der Waals surface area contributed by atoms with Crippen molar-refractivity contribution in [1.29, 1.82) is 0 Å². The van der Waals surface area contributed by atoms with Crippen molar-refractivity contribution in [3.63, 3.8) is 0 Å². The second kappa shape index (κ2) is 8.17. The Hall–Kier alpha value is -2.62. The monoisotopic (exact) mass is 356 g/mol. The van der Waals surface area contributed by atoms with Gasteiger partial charge in [-0.05, 0) is 53.6 Å². The summed E-state index contributed by atoms with van der Waals surface area (Å²) in [6.07, 6.45) is 1.58. The minimum absolute atomic E-state index is 0.289. The first-order valence-electron chi connectivity index (χ1n) is 8.86. The second-order valence-corrected chi connectivity index (χ2v) is 6.08. The van der Waals surface area contributed by atoms with Crippen LogP contribution in [-0.2, 0) is 6.42 Å². The van der Waals surface area contributed by atoms with Crippen LogP contribution in [0, 0.1) is 0 Å². The maximum absolute atomic E-state index is 12.9. The Bertz CT molecular complexity index is 873. The molecule has 3 aromatic rings. The van der Waals surface area contributed by atoms with Gasteiger partial charge in [-0.15, -0.1) is 0 Å². The van der Waals surface area contributed by atoms with Gasteiger partial charge in [0.25, 0.3) is 0 Å². The third-order valence-electron chi connectivity index (χ3n) is 4.28. The molecule has 0 N–H and O–H groups in total. The van der Waals surface area contributed by atoms with Crippen LogP contribution in [0.5, 0.6) is 11.5 Å². The Kier molecular flexibility index (Phi) is 5.71. The molecule has 0 fully saturated rings. The van der Waals surface area contributed by atoms with Crippen molar-refractivity contribution < 1.29 is 18.3 Å². The van der Waals surface area contributed by atoms with E-state index in [-0.39, 0.29) is 5.75 Å². The standard InChI is InChI=1S/C22H22F2O2/c1-3-5-16-6-7-18-14-17(10-13-20(18)21(16)26-22(23)24)15-8-11-19(12-9-15)25-4-2/h6-14,22H,3-5H2,1-2H3. The van der Waals surface area contributed by atoms with E-state index in [0.29, 0.717) is 18.4 Å². The van der Waals surface area contributed by atoms with Crippen LogP contribution < -0.4 is 9.47 Å². The van der Waals surface area contributed by atoms with Gasteiger partial charge in [-0.2, -0.15) is 8.78 Å². The van der Waals surface area contributed by atoms with Crippen molar-refractivity contribution in [3.05, 3.63) is 60.2 Å². The first-order valence-corrected chi connectivity index (χ1v) is 8.86. The van der Waals surface area contributed by atoms with Gasteiger partial charge in [0.05, 0.1) is 6.61 Å². The zero-order valence-electron chi connectivity index (χ0n) is 15.0. The molecule has 3 rings (SSSR count). The minimum Gasteiger partial charge on any atom is -0.494 e. The van der Waals surface area contributed by atoms with E-state index in [9.17, 15) is 8.78 Å². The van der Waals surface area contributed by atoms with E-state index in [1.54, 1.807) is 0 Å². The number of ether oxygens (including phenoxy) is 2. The van der Waals surface area contributed by atoms with E-state index in [0.717, 1.165) is 34.2 Å². The van der Waals surface area contributed by atoms with Crippen LogP contribution in [0.15, 0.2) is 54.6 Å². The number of hydrogen-bond donors (Lipinski definition) is 0. The molecule has 0 heterocycles. The van der Waals surface area contributed by atoms with Crippen molar-refractivity contribution in [3.8, 4) is 22.6 Å². The summed E-state index contributed by atoms with van der Waals surface area (Å²) in [7, 11) is 0. The summed E-state index contributed by atoms with van der Waals surface area (Å²) < 4.78 is 36.1. The summed E-state index contributed by atoms with van der Waals surface area (Å²) in [5, 5.41) is 1.60. The number of halogens is 2. The number of hydrogen-bond acceptors (Lipinski definition) is 2. The van der Waals surface area contributed by atoms with Crippen LogP contribution in [0.2, 0.25) is 0 Å². The van der Waals surface area contributed by atoms with Crippen LogP contribution >= 0.6 is 0 Å². The van der Waals surface area contributed by atoms with E-state index in [1.165, 1.54) is 0 Å². The van der Waals surface area contributed by atoms with Crippen molar-refractivity contribution in [1.82, 2.24) is 0 Å². The smallest absolute Gasteiger partial charge is 0.387 e. The molecule has 2 nitrogen and oxygen atoms in total. The van der Waals surface area contributed by atoms with Crippen LogP contribution in [-0.4, -0.2) is 13.2 Å². The van der Waals surface area contributed by atoms with Gasteiger partial charge in [0.1, 0.15) is 11.5 Å². The van der Waals surface area contributed by atoms with Crippen LogP contribution in [0.3, 0.4) is 0 Å². The molecule has 0 radical (unpaired) electrons. The lowest BCUT2D eigenvalue weighted by Crippen LogP contribution is -2.05. The first-order chi connectivity index (χ1) is 12.6. The molecule has 26 heavy (non-hydrogen) atoms. The predicted molar refractivity (Wildman–Crippen MR) is 101 cm³/mol. The molecule has 136 valence electrons. The van der Waals surface area contributed by atoms with Crippen molar-refractivity contribution in [2.45, 2.75) is 33.3 Å². The number of alkyl halides is 2. The molecule has 0 aliphatic heterocycles. The highest BCUT2D eigenvalue weighted by Crippen LogP contribution is 2.35. The van der Waals surface area contributed by atoms with E-state index < -0.39 is 6.61 Å². The summed E-state index contributed by atoms with van der Waals surface area (Å²) in [6.45, 7) is 1.76. The average Bonchev–Trinajstić information content (AvgIpc) is 2.64. The number of fused-ring (bicyclic) bond motifs is 1. The lowest BCUT2D eigenvalue weighted by Gasteiger charge is -2.14. The summed E-state index contributed by atoms with van der Waals surface area (Å²) in [5.74, 6) is 1.12. The molecule has 0 spiro atoms. The van der Waals surface area contributed by atoms with E-state index in [4.69, 9.17) is 9.47 Å². The van der Waals surface area contributed by atoms with Gasteiger partial charge in [0.15, 0.2) is 0 Å². The van der Waals surface area contributed by atoms with Crippen molar-refractivity contribution >= 4 is 10.8 Å². The lowest BCUT2D eigenvalue weighted by atomic mass is 9.98. The fraction of sp³-hybridized carbons (Fsp3) is 0.273. The molecule has 0 unspecified atom stereocenters. The zero-order chi connectivity index (χ0) is 18.5. The van der Waals surface area contributed by atoms with Gasteiger partial charge in [-0.25, -0.2) is 0 Å². The molecule has 3 aromatic carbocycles. The molecule has 0 aliphatic rings. The SMILES string of the molecule is CCCc1ccc2cc(-c3ccc(OCC)cc3)ccc2c1OC(F)F. The molecule has 0 aromatic heterocycles. The highest BCUT2D eigenvalue weighted by Gasteiger charge is 2.14. The largest absolute Gasteiger partial charge is 0.494 e. The Balaban J connectivity index is 2.02. The predicted octanol–water partition coefficient (Wildman–Crippen LogP) is 6.46. The molecular formula is C22H22F2O2. The van der Waals surface area contributed by atoms with Crippen LogP contribution in [0.1, 0.15) is 25.8 Å². The van der Waals surface area contributed by atoms with Crippen molar-refractivity contribution in [2.24, 2.45) is 0 Å². The molecule has 4 heteroatoms. The molecule has 0 saturated carbocycles. The highest BCUT2D eigenvalue weighted by molar-refractivity contribution is 5.93. The maximum atomic E-state index is 12.9. The quantitative estimate of drug-likeness (QED) is 0.484. The van der Waals surface area contributed by atoms with Gasteiger partial charge in [-0.1, -0.05) is 49.7 Å². The minimum atomic E-state index is -2.83. The fourth-order valence-corrected chi connectivity index (χ4v) is 3.13. The topological polar surface area (TPSA) is 18.5 Å². The van der Waals surface area contributed by atoms with E-state index in [1.807, 2.05) is 68.4 Å². The summed E-state index contributed by atoms with van der Waals surface area (Å²) in [5.41, 5.74) is 2.88. The summed E-state index contributed by atoms with van der Waals surface area (Å²) in [4.78, 5) is 0. The lowest BCUT2D eigenvalue weighted by molar-refractivity contribution is -0.0493. The molecule has 0 saturated heterocycles. The summed E-state index contributed by atoms with van der Waals surface area (Å²) >= 11 is 0. The van der Waals surface area contributed by atoms with Gasteiger partial charge in [0.2, 0.25) is 0 Å². The molecule has 0 bridgehead atoms. The number of aryl methyl sites for hydroxylation is 1. The third kappa shape index (κ3) is 3.96. The molecular weight excluding hydrogens is 334 g/mol. The maximum Gasteiger partial charge on any atom is 0.387 e. The normalized spacial score (nSPS) is 11.1. The fourth-order valence-electron chi connectivity index (χ4n) is 3.13. The second-order valence-electron chi connectivity index (χ2n) is 6.08. The third-order valence-corrected chi connectivity index (χ3v) is 4.28. The van der Waals surface area contributed by atoms with Gasteiger partial charge in [0, 0.05) is 5.39 Å². The molecule has 0 atom stereocenters. The first kappa shape index (κ1) is 18.2. The summed E-state index contributed by atoms with van der Waals surface area (Å²) in [6, 6.07) is 17.5. The Morgan fingerprint density at radius 2 is 1.62 bits per heavy atom. The molecule has 0 aliphatic carbocycles. The van der Waals surface area contributed by atoms with Crippen LogP contribution in [0.25, 0.3) is 21.9 Å². The number of rotatable bonds is 7.